The van der Waals surface area contributed by atoms with Crippen molar-refractivity contribution < 1.29 is 32.7 Å². The number of nitrogens with one attached hydrogen (secondary N) is 1. The third kappa shape index (κ3) is 12.6. The average molecular weight is 301 g/mol. The van der Waals surface area contributed by atoms with E-state index < -0.39 is 24.1 Å². The van der Waals surface area contributed by atoms with Gasteiger partial charge in [0.1, 0.15) is 0 Å². The molecule has 118 valence electrons. The molecule has 2 amide bonds. The van der Waals surface area contributed by atoms with Gasteiger partial charge in [0, 0.05) is 0 Å². The van der Waals surface area contributed by atoms with E-state index in [9.17, 15) is 22.8 Å². The zero-order valence-electron chi connectivity index (χ0n) is 11.0. The summed E-state index contributed by atoms with van der Waals surface area (Å²) in [7, 11) is 0. The molecule has 0 aliphatic rings. The van der Waals surface area contributed by atoms with Crippen molar-refractivity contribution in [2.24, 2.45) is 17.4 Å². The first-order chi connectivity index (χ1) is 8.87. The monoisotopic (exact) mass is 301 g/mol. The Kier molecular flexibility index (Phi) is 9.34. The molecule has 6 N–H and O–H groups in total. The van der Waals surface area contributed by atoms with Crippen LogP contribution in [-0.2, 0) is 14.4 Å². The molecule has 0 radical (unpaired) electrons. The Balaban J connectivity index is 0. The van der Waals surface area contributed by atoms with Crippen LogP contribution in [0.4, 0.5) is 13.2 Å². The molecule has 0 aromatic carbocycles. The van der Waals surface area contributed by atoms with Crippen LogP contribution in [0.5, 0.6) is 0 Å². The highest BCUT2D eigenvalue weighted by molar-refractivity contribution is 5.86. The molecule has 0 fully saturated rings. The van der Waals surface area contributed by atoms with Gasteiger partial charge in [-0.05, 0) is 12.3 Å². The standard InChI is InChI=1S/C8H17N3O2.C2HF3O2/c1-5(2)3-6(9)8(13)11-4-7(10)12;3-2(4,5)1(6)7/h5-6H,3-4,9H2,1-2H3,(H2,10,12)(H,11,13);(H,6,7)/t6-;/m0./s1. The van der Waals surface area contributed by atoms with Gasteiger partial charge in [-0.2, -0.15) is 13.2 Å². The molecular formula is C10H18F3N3O4. The van der Waals surface area contributed by atoms with Gasteiger partial charge in [0.25, 0.3) is 0 Å². The van der Waals surface area contributed by atoms with Gasteiger partial charge in [-0.3, -0.25) is 9.59 Å². The number of primary amides is 1. The van der Waals surface area contributed by atoms with E-state index in [0.29, 0.717) is 12.3 Å². The van der Waals surface area contributed by atoms with Crippen molar-refractivity contribution in [3.8, 4) is 0 Å². The number of carboxylic acids is 1. The molecule has 0 saturated carbocycles. The summed E-state index contributed by atoms with van der Waals surface area (Å²) in [6.07, 6.45) is -4.48. The summed E-state index contributed by atoms with van der Waals surface area (Å²) in [6, 6.07) is -0.556. The van der Waals surface area contributed by atoms with E-state index in [0.717, 1.165) is 0 Å². The van der Waals surface area contributed by atoms with Crippen LogP contribution >= 0.6 is 0 Å². The SMILES string of the molecule is CC(C)C[C@H](N)C(=O)NCC(N)=O.O=C(O)C(F)(F)F. The largest absolute Gasteiger partial charge is 0.490 e. The molecule has 0 unspecified atom stereocenters. The van der Waals surface area contributed by atoms with E-state index >= 15 is 0 Å². The van der Waals surface area contributed by atoms with E-state index in [1.165, 1.54) is 0 Å². The topological polar surface area (TPSA) is 136 Å². The number of rotatable bonds is 5. The molecule has 0 spiro atoms. The van der Waals surface area contributed by atoms with Gasteiger partial charge < -0.3 is 21.9 Å². The fourth-order valence-corrected chi connectivity index (χ4v) is 0.920. The molecule has 0 aromatic rings. The highest BCUT2D eigenvalue weighted by Crippen LogP contribution is 2.13. The Morgan fingerprint density at radius 3 is 1.90 bits per heavy atom. The van der Waals surface area contributed by atoms with Gasteiger partial charge in [-0.15, -0.1) is 0 Å². The first kappa shape index (κ1) is 20.5. The molecule has 0 bridgehead atoms. The molecule has 20 heavy (non-hydrogen) atoms. The van der Waals surface area contributed by atoms with Crippen LogP contribution in [0, 0.1) is 5.92 Å². The van der Waals surface area contributed by atoms with Gasteiger partial charge in [-0.25, -0.2) is 4.79 Å². The lowest BCUT2D eigenvalue weighted by atomic mass is 10.0. The minimum atomic E-state index is -5.08. The Hall–Kier alpha value is -1.84. The van der Waals surface area contributed by atoms with Crippen molar-refractivity contribution in [1.82, 2.24) is 5.32 Å². The molecule has 0 aliphatic carbocycles. The van der Waals surface area contributed by atoms with E-state index in [-0.39, 0.29) is 12.5 Å². The first-order valence-corrected chi connectivity index (χ1v) is 5.49. The molecule has 1 atom stereocenters. The van der Waals surface area contributed by atoms with E-state index in [2.05, 4.69) is 5.32 Å². The maximum Gasteiger partial charge on any atom is 0.490 e. The number of carboxylic acid groups (broad SMARTS) is 1. The Labute approximate surface area is 113 Å². The number of aliphatic carboxylic acids is 1. The zero-order valence-corrected chi connectivity index (χ0v) is 11.0. The molecule has 7 nitrogen and oxygen atoms in total. The lowest BCUT2D eigenvalue weighted by molar-refractivity contribution is -0.192. The van der Waals surface area contributed by atoms with E-state index in [1.54, 1.807) is 0 Å². The third-order valence-corrected chi connectivity index (χ3v) is 1.74. The summed E-state index contributed by atoms with van der Waals surface area (Å²) in [5.41, 5.74) is 10.4. The van der Waals surface area contributed by atoms with Crippen LogP contribution in [0.2, 0.25) is 0 Å². The van der Waals surface area contributed by atoms with Crippen molar-refractivity contribution in [1.29, 1.82) is 0 Å². The van der Waals surface area contributed by atoms with Gasteiger partial charge >= 0.3 is 12.1 Å². The molecule has 0 aromatic heterocycles. The maximum atomic E-state index is 11.1. The maximum absolute atomic E-state index is 11.1. The number of hydrogen-bond donors (Lipinski definition) is 4. The summed E-state index contributed by atoms with van der Waals surface area (Å²) in [6.45, 7) is 3.80. The quantitative estimate of drug-likeness (QED) is 0.547. The van der Waals surface area contributed by atoms with Gasteiger partial charge in [-0.1, -0.05) is 13.8 Å². The molecule has 0 saturated heterocycles. The van der Waals surface area contributed by atoms with Crippen molar-refractivity contribution in [2.45, 2.75) is 32.5 Å². The molecule has 0 rings (SSSR count). The lowest BCUT2D eigenvalue weighted by Gasteiger charge is -2.12. The van der Waals surface area contributed by atoms with Crippen LogP contribution in [0.3, 0.4) is 0 Å². The fourth-order valence-electron chi connectivity index (χ4n) is 0.920. The molecule has 0 heterocycles. The van der Waals surface area contributed by atoms with Gasteiger partial charge in [0.15, 0.2) is 0 Å². The summed E-state index contributed by atoms with van der Waals surface area (Å²) in [4.78, 5) is 30.4. The fraction of sp³-hybridized carbons (Fsp3) is 0.700. The van der Waals surface area contributed by atoms with Gasteiger partial charge in [0.05, 0.1) is 12.6 Å². The van der Waals surface area contributed by atoms with E-state index in [1.807, 2.05) is 13.8 Å². The predicted molar refractivity (Wildman–Crippen MR) is 63.3 cm³/mol. The van der Waals surface area contributed by atoms with E-state index in [4.69, 9.17) is 21.4 Å². The number of hydrogen-bond acceptors (Lipinski definition) is 4. The highest BCUT2D eigenvalue weighted by atomic mass is 19.4. The second-order valence-electron chi connectivity index (χ2n) is 4.22. The van der Waals surface area contributed by atoms with Crippen molar-refractivity contribution >= 4 is 17.8 Å². The molecular weight excluding hydrogens is 283 g/mol. The Morgan fingerprint density at radius 2 is 1.65 bits per heavy atom. The molecule has 10 heteroatoms. The molecule has 0 aliphatic heterocycles. The number of carbonyl (C=O) groups excluding carboxylic acids is 2. The van der Waals surface area contributed by atoms with Crippen LogP contribution in [0.1, 0.15) is 20.3 Å². The number of amides is 2. The number of carbonyl (C=O) groups is 3. The number of halogens is 3. The summed E-state index contributed by atoms with van der Waals surface area (Å²) >= 11 is 0. The number of alkyl halides is 3. The van der Waals surface area contributed by atoms with Crippen LogP contribution in [0.25, 0.3) is 0 Å². The Morgan fingerprint density at radius 1 is 1.25 bits per heavy atom. The minimum absolute atomic E-state index is 0.148. The summed E-state index contributed by atoms with van der Waals surface area (Å²) in [5, 5.41) is 9.47. The summed E-state index contributed by atoms with van der Waals surface area (Å²) < 4.78 is 31.7. The van der Waals surface area contributed by atoms with Crippen molar-refractivity contribution in [2.75, 3.05) is 6.54 Å². The summed E-state index contributed by atoms with van der Waals surface area (Å²) in [5.74, 6) is -3.29. The Bertz CT molecular complexity index is 345. The van der Waals surface area contributed by atoms with Crippen LogP contribution in [-0.4, -0.2) is 41.7 Å². The predicted octanol–water partition coefficient (Wildman–Crippen LogP) is -0.405. The van der Waals surface area contributed by atoms with Gasteiger partial charge in [0.2, 0.25) is 11.8 Å². The normalized spacial score (nSPS) is 12.2. The first-order valence-electron chi connectivity index (χ1n) is 5.49. The highest BCUT2D eigenvalue weighted by Gasteiger charge is 2.38. The van der Waals surface area contributed by atoms with Crippen molar-refractivity contribution in [3.63, 3.8) is 0 Å². The van der Waals surface area contributed by atoms with Crippen molar-refractivity contribution in [3.05, 3.63) is 0 Å². The second kappa shape index (κ2) is 9.13. The second-order valence-corrected chi connectivity index (χ2v) is 4.22. The third-order valence-electron chi connectivity index (χ3n) is 1.74. The van der Waals surface area contributed by atoms with Crippen LogP contribution in [0.15, 0.2) is 0 Å². The zero-order chi connectivity index (χ0) is 16.5. The minimum Gasteiger partial charge on any atom is -0.475 e. The number of nitrogens with two attached hydrogens (primary N) is 2. The average Bonchev–Trinajstić information content (AvgIpc) is 2.24. The lowest BCUT2D eigenvalue weighted by Crippen LogP contribution is -2.44. The smallest absolute Gasteiger partial charge is 0.475 e. The van der Waals surface area contributed by atoms with Crippen LogP contribution < -0.4 is 16.8 Å².